The second-order valence-corrected chi connectivity index (χ2v) is 15.9. The van der Waals surface area contributed by atoms with Gasteiger partial charge in [-0.25, -0.2) is 0 Å². The van der Waals surface area contributed by atoms with Crippen LogP contribution in [0.1, 0.15) is 85.5 Å². The van der Waals surface area contributed by atoms with Crippen LogP contribution in [0.5, 0.6) is 0 Å². The summed E-state index contributed by atoms with van der Waals surface area (Å²) in [5.41, 5.74) is 16.7. The molecule has 0 heterocycles. The minimum atomic E-state index is -4.98. The van der Waals surface area contributed by atoms with E-state index in [1.54, 1.807) is 10.2 Å². The number of Topliss-reactive ketones (excluding diaryl/α,β-unsaturated/α-hetero) is 2. The van der Waals surface area contributed by atoms with Crippen LogP contribution in [0.4, 0.5) is 13.2 Å². The van der Waals surface area contributed by atoms with Gasteiger partial charge in [0.1, 0.15) is 11.6 Å². The summed E-state index contributed by atoms with van der Waals surface area (Å²) in [4.78, 5) is 101. The smallest absolute Gasteiger partial charge is 0.356 e. The van der Waals surface area contributed by atoms with Gasteiger partial charge >= 0.3 is 12.1 Å². The van der Waals surface area contributed by atoms with Gasteiger partial charge in [-0.3, -0.25) is 48.2 Å². The number of carbonyl (C=O) groups is 8. The minimum absolute atomic E-state index is 0.00792. The van der Waals surface area contributed by atoms with E-state index in [4.69, 9.17) is 17.2 Å². The third-order valence-corrected chi connectivity index (χ3v) is 9.89. The molecule has 0 spiro atoms. The molecule has 0 aromatic rings. The van der Waals surface area contributed by atoms with Crippen LogP contribution in [0, 0.1) is 0 Å². The van der Waals surface area contributed by atoms with Crippen molar-refractivity contribution in [3.05, 3.63) is 0 Å². The van der Waals surface area contributed by atoms with Gasteiger partial charge in [0.2, 0.25) is 29.5 Å². The molecule has 0 unspecified atom stereocenters. The molecule has 0 aromatic carbocycles. The number of halogens is 3. The zero-order valence-corrected chi connectivity index (χ0v) is 40.6. The summed E-state index contributed by atoms with van der Waals surface area (Å²) in [6.07, 6.45) is -0.806. The van der Waals surface area contributed by atoms with Gasteiger partial charge in [0.05, 0.1) is 0 Å². The maximum absolute atomic E-state index is 12.4. The lowest BCUT2D eigenvalue weighted by Gasteiger charge is -2.22. The Kier molecular flexibility index (Phi) is 40.4. The largest absolute Gasteiger partial charge is 0.471 e. The van der Waals surface area contributed by atoms with Crippen molar-refractivity contribution in [2.45, 2.75) is 91.7 Å². The van der Waals surface area contributed by atoms with Crippen molar-refractivity contribution in [2.24, 2.45) is 17.2 Å². The van der Waals surface area contributed by atoms with Gasteiger partial charge in [-0.05, 0) is 25.8 Å². The second-order valence-electron chi connectivity index (χ2n) is 15.9. The van der Waals surface area contributed by atoms with Crippen LogP contribution < -0.4 is 49.1 Å². The molecular formula is C43H84F3N13O8. The van der Waals surface area contributed by atoms with Crippen molar-refractivity contribution in [1.29, 1.82) is 0 Å². The lowest BCUT2D eigenvalue weighted by atomic mass is 10.1. The molecule has 21 nitrogen and oxygen atoms in total. The predicted molar refractivity (Wildman–Crippen MR) is 251 cm³/mol. The summed E-state index contributed by atoms with van der Waals surface area (Å²) < 4.78 is 37.1. The number of alkyl halides is 3. The fourth-order valence-corrected chi connectivity index (χ4v) is 6.34. The van der Waals surface area contributed by atoms with Crippen LogP contribution in [0.3, 0.4) is 0 Å². The summed E-state index contributed by atoms with van der Waals surface area (Å²) in [5, 5.41) is 15.4. The van der Waals surface area contributed by atoms with Crippen molar-refractivity contribution in [1.82, 2.24) is 51.5 Å². The maximum Gasteiger partial charge on any atom is 0.471 e. The first-order valence-corrected chi connectivity index (χ1v) is 23.4. The zero-order valence-electron chi connectivity index (χ0n) is 40.6. The Balaban J connectivity index is 0. The quantitative estimate of drug-likeness (QED) is 0.0302. The molecule has 390 valence electrons. The predicted octanol–water partition coefficient (Wildman–Crippen LogP) is -1.95. The van der Waals surface area contributed by atoms with E-state index in [1.165, 1.54) is 20.8 Å². The minimum Gasteiger partial charge on any atom is -0.356 e. The molecule has 0 saturated carbocycles. The third kappa shape index (κ3) is 42.7. The van der Waals surface area contributed by atoms with Crippen LogP contribution in [0.2, 0.25) is 0 Å². The van der Waals surface area contributed by atoms with Crippen molar-refractivity contribution in [3.8, 4) is 0 Å². The normalized spacial score (nSPS) is 11.3. The maximum atomic E-state index is 12.4. The van der Waals surface area contributed by atoms with E-state index in [9.17, 15) is 51.5 Å². The number of hydrogen-bond acceptors (Lipinski definition) is 15. The average molecular weight is 968 g/mol. The van der Waals surface area contributed by atoms with Crippen LogP contribution in [0.15, 0.2) is 0 Å². The molecule has 0 aromatic heterocycles. The highest BCUT2D eigenvalue weighted by Gasteiger charge is 2.38. The van der Waals surface area contributed by atoms with E-state index in [-0.39, 0.29) is 99.6 Å². The summed E-state index contributed by atoms with van der Waals surface area (Å²) in [6.45, 7) is 16.4. The molecule has 0 fully saturated rings. The van der Waals surface area contributed by atoms with Gasteiger partial charge in [-0.2, -0.15) is 13.2 Å². The zero-order chi connectivity index (χ0) is 50.9. The van der Waals surface area contributed by atoms with Gasteiger partial charge in [-0.1, -0.05) is 6.92 Å². The Morgan fingerprint density at radius 2 is 0.716 bits per heavy atom. The molecule has 12 N–H and O–H groups in total. The molecule has 0 atom stereocenters. The molecule has 24 heteroatoms. The van der Waals surface area contributed by atoms with E-state index >= 15 is 0 Å². The standard InChI is InChI=1S/C25H44F3N7O6.C18H40N6O2/c1-19(36)29-9-15-34(18-12-33-24(41)25(26,27)28)13-6-22(39)5-4-8-32-23(40)7-14-35(16-10-30-20(2)37)17-11-31-21(3)38;1-2-11-23(14-7-19)12-5-17(25)4-3-10-22-18(26)6-13-24(15-8-20)16-9-21/h4-18H2,1-3H3,(H,29,36)(H,30,37)(H,31,38)(H,32,40)(H,33,41);2-16,19-21H2,1H3,(H,22,26). The Hall–Kier alpha value is -4.33. The SMILES string of the molecule is CC(=O)NCCN(CCNC(=O)C(F)(F)F)CCC(=O)CCCNC(=O)CCN(CCNC(C)=O)CCNC(C)=O.CCCN(CCN)CCC(=O)CCCNC(=O)CCN(CCN)CCN. The summed E-state index contributed by atoms with van der Waals surface area (Å²) in [7, 11) is 0. The van der Waals surface area contributed by atoms with Crippen molar-refractivity contribution in [2.75, 3.05) is 137 Å². The molecule has 0 aliphatic heterocycles. The lowest BCUT2D eigenvalue weighted by molar-refractivity contribution is -0.173. The van der Waals surface area contributed by atoms with Crippen molar-refractivity contribution >= 4 is 47.0 Å². The molecule has 0 bridgehead atoms. The third-order valence-electron chi connectivity index (χ3n) is 9.89. The molecule has 0 radical (unpaired) electrons. The second kappa shape index (κ2) is 41.8. The molecule has 6 amide bonds. The molecule has 0 rings (SSSR count). The molecule has 0 aliphatic carbocycles. The van der Waals surface area contributed by atoms with E-state index in [0.29, 0.717) is 97.6 Å². The Morgan fingerprint density at radius 1 is 0.403 bits per heavy atom. The van der Waals surface area contributed by atoms with Crippen molar-refractivity contribution in [3.63, 3.8) is 0 Å². The van der Waals surface area contributed by atoms with Crippen LogP contribution in [0.25, 0.3) is 0 Å². The summed E-state index contributed by atoms with van der Waals surface area (Å²) in [6, 6.07) is 0. The first-order valence-electron chi connectivity index (χ1n) is 23.4. The summed E-state index contributed by atoms with van der Waals surface area (Å²) >= 11 is 0. The summed E-state index contributed by atoms with van der Waals surface area (Å²) in [5.74, 6) is -2.67. The van der Waals surface area contributed by atoms with Gasteiger partial charge in [0, 0.05) is 190 Å². The Bertz CT molecular complexity index is 1350. The van der Waals surface area contributed by atoms with Gasteiger partial charge in [-0.15, -0.1) is 0 Å². The van der Waals surface area contributed by atoms with Crippen LogP contribution in [-0.4, -0.2) is 210 Å². The highest BCUT2D eigenvalue weighted by molar-refractivity contribution is 5.82. The van der Waals surface area contributed by atoms with Crippen LogP contribution >= 0.6 is 0 Å². The number of ketones is 2. The lowest BCUT2D eigenvalue weighted by Crippen LogP contribution is -2.43. The Labute approximate surface area is 395 Å². The van der Waals surface area contributed by atoms with Gasteiger partial charge in [0.25, 0.3) is 0 Å². The van der Waals surface area contributed by atoms with E-state index in [1.807, 2.05) is 4.90 Å². The van der Waals surface area contributed by atoms with E-state index < -0.39 is 12.1 Å². The first kappa shape index (κ1) is 64.8. The number of nitrogens with one attached hydrogen (secondary N) is 6. The van der Waals surface area contributed by atoms with E-state index in [2.05, 4.69) is 43.3 Å². The fourth-order valence-electron chi connectivity index (χ4n) is 6.34. The number of nitrogens with zero attached hydrogens (tertiary/aromatic N) is 4. The molecular weight excluding hydrogens is 884 g/mol. The van der Waals surface area contributed by atoms with Gasteiger partial charge in [0.15, 0.2) is 0 Å². The van der Waals surface area contributed by atoms with E-state index in [0.717, 1.165) is 39.1 Å². The number of carbonyl (C=O) groups excluding carboxylic acids is 8. The molecule has 0 aliphatic rings. The van der Waals surface area contributed by atoms with Crippen molar-refractivity contribution < 1.29 is 51.5 Å². The average Bonchev–Trinajstić information content (AvgIpc) is 3.25. The highest BCUT2D eigenvalue weighted by atomic mass is 19.4. The fraction of sp³-hybridized carbons (Fsp3) is 0.814. The first-order chi connectivity index (χ1) is 31.8. The van der Waals surface area contributed by atoms with Crippen LogP contribution in [-0.2, 0) is 38.4 Å². The Morgan fingerprint density at radius 3 is 1.03 bits per heavy atom. The molecule has 0 saturated heterocycles. The highest BCUT2D eigenvalue weighted by Crippen LogP contribution is 2.13. The number of nitrogens with two attached hydrogens (primary N) is 3. The molecule has 67 heavy (non-hydrogen) atoms. The monoisotopic (exact) mass is 968 g/mol. The van der Waals surface area contributed by atoms with Gasteiger partial charge < -0.3 is 58.9 Å². The number of rotatable bonds is 40. The number of amides is 6. The topological polar surface area (TPSA) is 300 Å². The number of hydrogen-bond donors (Lipinski definition) is 9.